The van der Waals surface area contributed by atoms with Crippen molar-refractivity contribution in [3.8, 4) is 0 Å². The maximum atomic E-state index is 4.11. The molecule has 0 nitrogen and oxygen atoms in total. The third-order valence-corrected chi connectivity index (χ3v) is 3.90. The molecule has 0 heterocycles. The molecule has 0 aromatic carbocycles. The lowest BCUT2D eigenvalue weighted by atomic mass is 9.92. The van der Waals surface area contributed by atoms with Gasteiger partial charge in [-0.3, -0.25) is 0 Å². The molecular formula is C10H18. The Balaban J connectivity index is 2.81. The van der Waals surface area contributed by atoms with E-state index in [0.29, 0.717) is 10.8 Å². The molecule has 0 aliphatic heterocycles. The highest BCUT2D eigenvalue weighted by Crippen LogP contribution is 2.71. The summed E-state index contributed by atoms with van der Waals surface area (Å²) in [5.41, 5.74) is 2.38. The molecule has 1 aliphatic carbocycles. The number of hydrogen-bond acceptors (Lipinski definition) is 0. The van der Waals surface area contributed by atoms with Gasteiger partial charge in [-0.15, -0.1) is 0 Å². The average molecular weight is 138 g/mol. The van der Waals surface area contributed by atoms with Gasteiger partial charge in [0.1, 0.15) is 0 Å². The van der Waals surface area contributed by atoms with Gasteiger partial charge in [-0.05, 0) is 23.7 Å². The Morgan fingerprint density at radius 3 is 1.50 bits per heavy atom. The van der Waals surface area contributed by atoms with Crippen LogP contribution in [0, 0.1) is 10.8 Å². The molecule has 1 saturated carbocycles. The van der Waals surface area contributed by atoms with Crippen LogP contribution < -0.4 is 0 Å². The molecular weight excluding hydrogens is 120 g/mol. The van der Waals surface area contributed by atoms with Crippen molar-refractivity contribution in [2.45, 2.75) is 40.5 Å². The topological polar surface area (TPSA) is 0 Å². The first kappa shape index (κ1) is 7.84. The summed E-state index contributed by atoms with van der Waals surface area (Å²) in [5, 5.41) is 0. The first-order chi connectivity index (χ1) is 4.53. The molecule has 0 spiro atoms. The second-order valence-electron chi connectivity index (χ2n) is 3.85. The quantitative estimate of drug-likeness (QED) is 0.513. The van der Waals surface area contributed by atoms with Gasteiger partial charge in [0.15, 0.2) is 0 Å². The summed E-state index contributed by atoms with van der Waals surface area (Å²) in [6.45, 7) is 13.3. The van der Waals surface area contributed by atoms with E-state index in [9.17, 15) is 0 Å². The Bertz CT molecular complexity index is 151. The molecule has 1 fully saturated rings. The molecule has 10 heavy (non-hydrogen) atoms. The van der Waals surface area contributed by atoms with Crippen molar-refractivity contribution in [3.63, 3.8) is 0 Å². The lowest BCUT2D eigenvalue weighted by molar-refractivity contribution is 0.367. The summed E-state index contributed by atoms with van der Waals surface area (Å²) in [6, 6.07) is 0. The highest BCUT2D eigenvalue weighted by Gasteiger charge is 2.62. The average Bonchev–Trinajstić information content (AvgIpc) is 2.38. The van der Waals surface area contributed by atoms with E-state index < -0.39 is 0 Å². The Morgan fingerprint density at radius 2 is 1.40 bits per heavy atom. The van der Waals surface area contributed by atoms with Gasteiger partial charge in [0.25, 0.3) is 0 Å². The van der Waals surface area contributed by atoms with Crippen molar-refractivity contribution in [1.29, 1.82) is 0 Å². The van der Waals surface area contributed by atoms with Crippen LogP contribution in [0.2, 0.25) is 0 Å². The fourth-order valence-corrected chi connectivity index (χ4v) is 2.13. The van der Waals surface area contributed by atoms with E-state index in [1.165, 1.54) is 18.4 Å². The molecule has 58 valence electrons. The van der Waals surface area contributed by atoms with Crippen LogP contribution in [-0.4, -0.2) is 0 Å². The van der Waals surface area contributed by atoms with Crippen LogP contribution in [0.15, 0.2) is 12.2 Å². The van der Waals surface area contributed by atoms with Crippen molar-refractivity contribution < 1.29 is 0 Å². The highest BCUT2D eigenvalue weighted by atomic mass is 14.7. The van der Waals surface area contributed by atoms with Gasteiger partial charge in [-0.25, -0.2) is 0 Å². The van der Waals surface area contributed by atoms with E-state index in [-0.39, 0.29) is 0 Å². The largest absolute Gasteiger partial charge is 0.0987 e. The first-order valence-corrected chi connectivity index (χ1v) is 4.22. The smallest absolute Gasteiger partial charge is 0.00250 e. The first-order valence-electron chi connectivity index (χ1n) is 4.22. The van der Waals surface area contributed by atoms with Crippen molar-refractivity contribution in [2.75, 3.05) is 0 Å². The van der Waals surface area contributed by atoms with Gasteiger partial charge in [0.05, 0.1) is 0 Å². The van der Waals surface area contributed by atoms with Crippen molar-refractivity contribution in [1.82, 2.24) is 0 Å². The summed E-state index contributed by atoms with van der Waals surface area (Å²) in [5.74, 6) is 0. The minimum atomic E-state index is 0.460. The van der Waals surface area contributed by atoms with Crippen molar-refractivity contribution in [2.24, 2.45) is 10.8 Å². The lowest BCUT2D eigenvalue weighted by Gasteiger charge is -2.12. The number of rotatable bonds is 2. The van der Waals surface area contributed by atoms with Gasteiger partial charge in [0.2, 0.25) is 0 Å². The van der Waals surface area contributed by atoms with E-state index >= 15 is 0 Å². The predicted octanol–water partition coefficient (Wildman–Crippen LogP) is 3.39. The summed E-state index contributed by atoms with van der Waals surface area (Å²) < 4.78 is 0. The standard InChI is InChI=1S/C10H18/c1-6-9(4)8(3)10(9,5)7-2/h3,6-7H2,1-2,4-5H3. The molecule has 2 atom stereocenters. The number of allylic oxidation sites excluding steroid dienone is 1. The zero-order chi connectivity index (χ0) is 7.99. The van der Waals surface area contributed by atoms with Crippen LogP contribution >= 0.6 is 0 Å². The van der Waals surface area contributed by atoms with Gasteiger partial charge in [0, 0.05) is 0 Å². The Hall–Kier alpha value is -0.260. The summed E-state index contributed by atoms with van der Waals surface area (Å²) in [6.07, 6.45) is 2.49. The fourth-order valence-electron chi connectivity index (χ4n) is 2.13. The molecule has 0 amide bonds. The third kappa shape index (κ3) is 0.574. The van der Waals surface area contributed by atoms with Crippen LogP contribution in [0.3, 0.4) is 0 Å². The Morgan fingerprint density at radius 1 is 1.10 bits per heavy atom. The van der Waals surface area contributed by atoms with Gasteiger partial charge in [-0.2, -0.15) is 0 Å². The third-order valence-electron chi connectivity index (χ3n) is 3.90. The molecule has 0 radical (unpaired) electrons. The molecule has 0 saturated heterocycles. The SMILES string of the molecule is C=C1C(C)(CC)C1(C)CC. The van der Waals surface area contributed by atoms with Crippen LogP contribution in [0.5, 0.6) is 0 Å². The van der Waals surface area contributed by atoms with Gasteiger partial charge >= 0.3 is 0 Å². The van der Waals surface area contributed by atoms with E-state index in [1.54, 1.807) is 0 Å². The molecule has 0 aromatic rings. The van der Waals surface area contributed by atoms with Crippen LogP contribution in [-0.2, 0) is 0 Å². The minimum Gasteiger partial charge on any atom is -0.0987 e. The summed E-state index contributed by atoms with van der Waals surface area (Å²) >= 11 is 0. The predicted molar refractivity (Wildman–Crippen MR) is 45.9 cm³/mol. The maximum Gasteiger partial charge on any atom is -0.00250 e. The molecule has 0 aromatic heterocycles. The summed E-state index contributed by atoms with van der Waals surface area (Å²) in [7, 11) is 0. The maximum absolute atomic E-state index is 4.11. The van der Waals surface area contributed by atoms with Gasteiger partial charge < -0.3 is 0 Å². The Kier molecular flexibility index (Phi) is 1.47. The van der Waals surface area contributed by atoms with Crippen LogP contribution in [0.25, 0.3) is 0 Å². The monoisotopic (exact) mass is 138 g/mol. The molecule has 0 heteroatoms. The fraction of sp³-hybridized carbons (Fsp3) is 0.800. The zero-order valence-electron chi connectivity index (χ0n) is 7.62. The van der Waals surface area contributed by atoms with Crippen molar-refractivity contribution in [3.05, 3.63) is 12.2 Å². The molecule has 0 N–H and O–H groups in total. The summed E-state index contributed by atoms with van der Waals surface area (Å²) in [4.78, 5) is 0. The highest BCUT2D eigenvalue weighted by molar-refractivity contribution is 5.40. The minimum absolute atomic E-state index is 0.460. The van der Waals surface area contributed by atoms with Crippen molar-refractivity contribution >= 4 is 0 Å². The molecule has 0 bridgehead atoms. The normalized spacial score (nSPS) is 45.8. The second-order valence-corrected chi connectivity index (χ2v) is 3.85. The van der Waals surface area contributed by atoms with Crippen LogP contribution in [0.1, 0.15) is 40.5 Å². The van der Waals surface area contributed by atoms with E-state index in [1.807, 2.05) is 0 Å². The second kappa shape index (κ2) is 1.87. The molecule has 1 aliphatic rings. The van der Waals surface area contributed by atoms with E-state index in [2.05, 4.69) is 34.3 Å². The lowest BCUT2D eigenvalue weighted by Crippen LogP contribution is -2.04. The molecule has 2 unspecified atom stereocenters. The van der Waals surface area contributed by atoms with Gasteiger partial charge in [-0.1, -0.05) is 39.8 Å². The van der Waals surface area contributed by atoms with E-state index in [4.69, 9.17) is 0 Å². The van der Waals surface area contributed by atoms with E-state index in [0.717, 1.165) is 0 Å². The zero-order valence-corrected chi connectivity index (χ0v) is 7.62. The van der Waals surface area contributed by atoms with Crippen LogP contribution in [0.4, 0.5) is 0 Å². The number of hydrogen-bond donors (Lipinski definition) is 0. The Labute approximate surface area is 64.3 Å². The molecule has 1 rings (SSSR count).